The third-order valence-corrected chi connectivity index (χ3v) is 5.91. The molecule has 0 aromatic heterocycles. The van der Waals surface area contributed by atoms with Gasteiger partial charge in [-0.25, -0.2) is 9.18 Å². The second-order valence-electron chi connectivity index (χ2n) is 8.71. The van der Waals surface area contributed by atoms with Crippen LogP contribution in [0.2, 0.25) is 0 Å². The van der Waals surface area contributed by atoms with Crippen LogP contribution in [0.3, 0.4) is 0 Å². The fourth-order valence-electron chi connectivity index (χ4n) is 4.12. The van der Waals surface area contributed by atoms with Gasteiger partial charge in [0.05, 0.1) is 0 Å². The quantitative estimate of drug-likeness (QED) is 0.452. The lowest BCUT2D eigenvalue weighted by atomic mass is 9.69. The molecule has 0 radical (unpaired) electrons. The van der Waals surface area contributed by atoms with Crippen molar-refractivity contribution in [2.75, 3.05) is 19.8 Å². The van der Waals surface area contributed by atoms with Gasteiger partial charge < -0.3 is 20.5 Å². The minimum atomic E-state index is -1.11. The Morgan fingerprint density at radius 3 is 2.44 bits per heavy atom. The van der Waals surface area contributed by atoms with Crippen molar-refractivity contribution in [2.45, 2.75) is 40.2 Å². The van der Waals surface area contributed by atoms with Crippen LogP contribution in [0, 0.1) is 29.5 Å². The van der Waals surface area contributed by atoms with E-state index in [0.717, 1.165) is 17.6 Å². The van der Waals surface area contributed by atoms with E-state index >= 15 is 0 Å². The zero-order valence-corrected chi connectivity index (χ0v) is 18.9. The molecule has 176 valence electrons. The highest BCUT2D eigenvalue weighted by atomic mass is 19.1. The number of rotatable bonds is 11. The molecule has 2 rings (SSSR count). The highest BCUT2D eigenvalue weighted by Gasteiger charge is 2.32. The van der Waals surface area contributed by atoms with Crippen LogP contribution in [-0.2, 0) is 25.7 Å². The summed E-state index contributed by atoms with van der Waals surface area (Å²) in [7, 11) is 0. The van der Waals surface area contributed by atoms with Gasteiger partial charge in [0.2, 0.25) is 11.8 Å². The topological polar surface area (TPSA) is 105 Å². The SMILES string of the molecule is CC1=CC(CNC(=O)COCC(=O)O)C(C(C)C)CC1CC(=O)NCc1ccc(F)cc1. The normalized spacial score (nSPS) is 20.5. The predicted molar refractivity (Wildman–Crippen MR) is 118 cm³/mol. The first kappa shape index (κ1) is 25.5. The van der Waals surface area contributed by atoms with E-state index in [4.69, 9.17) is 9.84 Å². The first-order valence-corrected chi connectivity index (χ1v) is 10.9. The summed E-state index contributed by atoms with van der Waals surface area (Å²) in [6, 6.07) is 6.06. The van der Waals surface area contributed by atoms with Gasteiger partial charge in [0.1, 0.15) is 19.0 Å². The van der Waals surface area contributed by atoms with Crippen molar-refractivity contribution in [1.82, 2.24) is 10.6 Å². The van der Waals surface area contributed by atoms with Gasteiger partial charge in [-0.2, -0.15) is 0 Å². The number of hydrogen-bond acceptors (Lipinski definition) is 4. The van der Waals surface area contributed by atoms with Crippen molar-refractivity contribution in [3.05, 3.63) is 47.3 Å². The van der Waals surface area contributed by atoms with Gasteiger partial charge in [-0.15, -0.1) is 0 Å². The summed E-state index contributed by atoms with van der Waals surface area (Å²) >= 11 is 0. The fraction of sp³-hybridized carbons (Fsp3) is 0.542. The Hall–Kier alpha value is -2.74. The van der Waals surface area contributed by atoms with Crippen molar-refractivity contribution >= 4 is 17.8 Å². The van der Waals surface area contributed by atoms with Crippen molar-refractivity contribution in [2.24, 2.45) is 23.7 Å². The van der Waals surface area contributed by atoms with E-state index in [0.29, 0.717) is 31.3 Å². The fourth-order valence-corrected chi connectivity index (χ4v) is 4.12. The average molecular weight is 449 g/mol. The Morgan fingerprint density at radius 2 is 1.81 bits per heavy atom. The molecule has 1 aromatic carbocycles. The van der Waals surface area contributed by atoms with E-state index in [-0.39, 0.29) is 36.1 Å². The van der Waals surface area contributed by atoms with Crippen molar-refractivity contribution in [1.29, 1.82) is 0 Å². The highest BCUT2D eigenvalue weighted by Crippen LogP contribution is 2.38. The summed E-state index contributed by atoms with van der Waals surface area (Å²) in [5.41, 5.74) is 1.97. The summed E-state index contributed by atoms with van der Waals surface area (Å²) in [5, 5.41) is 14.3. The monoisotopic (exact) mass is 448 g/mol. The second-order valence-corrected chi connectivity index (χ2v) is 8.71. The standard InChI is InChI=1S/C24H33FN2O5/c1-15(2)21-9-18(10-22(28)26-11-17-4-6-20(25)7-5-17)16(3)8-19(21)12-27-23(29)13-32-14-24(30)31/h4-8,15,18-19,21H,9-14H2,1-3H3,(H,26,28)(H,27,29)(H,30,31). The van der Waals surface area contributed by atoms with Crippen LogP contribution in [0.1, 0.15) is 39.2 Å². The van der Waals surface area contributed by atoms with Crippen LogP contribution in [0.4, 0.5) is 4.39 Å². The van der Waals surface area contributed by atoms with Gasteiger partial charge in [-0.05, 0) is 54.7 Å². The van der Waals surface area contributed by atoms with Crippen LogP contribution in [0.25, 0.3) is 0 Å². The van der Waals surface area contributed by atoms with Gasteiger partial charge in [-0.3, -0.25) is 9.59 Å². The van der Waals surface area contributed by atoms with Gasteiger partial charge in [0.25, 0.3) is 0 Å². The molecule has 1 aromatic rings. The predicted octanol–water partition coefficient (Wildman–Crippen LogP) is 2.90. The third-order valence-electron chi connectivity index (χ3n) is 5.91. The number of benzene rings is 1. The zero-order valence-electron chi connectivity index (χ0n) is 18.9. The molecule has 3 N–H and O–H groups in total. The van der Waals surface area contributed by atoms with Crippen LogP contribution >= 0.6 is 0 Å². The Labute approximate surface area is 188 Å². The third kappa shape index (κ3) is 8.42. The zero-order chi connectivity index (χ0) is 23.7. The van der Waals surface area contributed by atoms with Crippen molar-refractivity contribution in [3.8, 4) is 0 Å². The Kier molecular flexibility index (Phi) is 9.84. The summed E-state index contributed by atoms with van der Waals surface area (Å²) in [5.74, 6) is -0.877. The van der Waals surface area contributed by atoms with Crippen LogP contribution in [0.15, 0.2) is 35.9 Å². The van der Waals surface area contributed by atoms with Gasteiger partial charge >= 0.3 is 5.97 Å². The van der Waals surface area contributed by atoms with Crippen LogP contribution in [0.5, 0.6) is 0 Å². The van der Waals surface area contributed by atoms with E-state index in [1.165, 1.54) is 12.1 Å². The maximum Gasteiger partial charge on any atom is 0.329 e. The number of halogens is 1. The second kappa shape index (κ2) is 12.3. The minimum Gasteiger partial charge on any atom is -0.480 e. The molecule has 3 unspecified atom stereocenters. The molecule has 0 saturated heterocycles. The Morgan fingerprint density at radius 1 is 1.12 bits per heavy atom. The van der Waals surface area contributed by atoms with E-state index in [1.807, 2.05) is 6.92 Å². The number of aliphatic carboxylic acids is 1. The van der Waals surface area contributed by atoms with E-state index in [1.54, 1.807) is 12.1 Å². The number of amides is 2. The largest absolute Gasteiger partial charge is 0.480 e. The molecule has 8 heteroatoms. The van der Waals surface area contributed by atoms with Crippen LogP contribution < -0.4 is 10.6 Å². The summed E-state index contributed by atoms with van der Waals surface area (Å²) in [6.07, 6.45) is 3.37. The number of carboxylic acid groups (broad SMARTS) is 1. The molecule has 7 nitrogen and oxygen atoms in total. The molecule has 0 bridgehead atoms. The number of hydrogen-bond donors (Lipinski definition) is 3. The van der Waals surface area contributed by atoms with Gasteiger partial charge in [0, 0.05) is 19.5 Å². The molecular weight excluding hydrogens is 415 g/mol. The molecule has 0 heterocycles. The Bertz CT molecular complexity index is 822. The average Bonchev–Trinajstić information content (AvgIpc) is 2.73. The summed E-state index contributed by atoms with van der Waals surface area (Å²) in [6.45, 7) is 6.30. The first-order chi connectivity index (χ1) is 15.2. The lowest BCUT2D eigenvalue weighted by Gasteiger charge is -2.37. The molecule has 1 aliphatic rings. The summed E-state index contributed by atoms with van der Waals surface area (Å²) < 4.78 is 17.8. The van der Waals surface area contributed by atoms with Gasteiger partial charge in [-0.1, -0.05) is 37.6 Å². The molecule has 0 aliphatic heterocycles. The molecule has 32 heavy (non-hydrogen) atoms. The number of carboxylic acids is 1. The Balaban J connectivity index is 1.88. The number of ether oxygens (including phenoxy) is 1. The lowest BCUT2D eigenvalue weighted by molar-refractivity contribution is -0.143. The molecule has 0 fully saturated rings. The smallest absolute Gasteiger partial charge is 0.329 e. The molecular formula is C24H33FN2O5. The molecule has 0 spiro atoms. The molecule has 1 aliphatic carbocycles. The van der Waals surface area contributed by atoms with E-state index in [2.05, 4.69) is 30.6 Å². The number of carbonyl (C=O) groups excluding carboxylic acids is 2. The maximum atomic E-state index is 13.0. The summed E-state index contributed by atoms with van der Waals surface area (Å²) in [4.78, 5) is 34.9. The number of carbonyl (C=O) groups is 3. The lowest BCUT2D eigenvalue weighted by Crippen LogP contribution is -2.39. The van der Waals surface area contributed by atoms with Crippen molar-refractivity contribution in [3.63, 3.8) is 0 Å². The van der Waals surface area contributed by atoms with Gasteiger partial charge in [0.15, 0.2) is 0 Å². The molecule has 2 amide bonds. The number of allylic oxidation sites excluding steroid dienone is 1. The highest BCUT2D eigenvalue weighted by molar-refractivity contribution is 5.78. The number of nitrogens with one attached hydrogen (secondary N) is 2. The maximum absolute atomic E-state index is 13.0. The van der Waals surface area contributed by atoms with Crippen LogP contribution in [-0.4, -0.2) is 42.6 Å². The first-order valence-electron chi connectivity index (χ1n) is 10.9. The molecule has 3 atom stereocenters. The minimum absolute atomic E-state index is 0.0445. The van der Waals surface area contributed by atoms with Crippen molar-refractivity contribution < 1.29 is 28.6 Å². The van der Waals surface area contributed by atoms with E-state index < -0.39 is 12.6 Å². The van der Waals surface area contributed by atoms with E-state index in [9.17, 15) is 18.8 Å². The molecule has 0 saturated carbocycles.